The highest BCUT2D eigenvalue weighted by molar-refractivity contribution is 7.88. The lowest BCUT2D eigenvalue weighted by molar-refractivity contribution is -0.142. The topological polar surface area (TPSA) is 74.7 Å². The highest BCUT2D eigenvalue weighted by Crippen LogP contribution is 2.22. The Bertz CT molecular complexity index is 636. The molecule has 1 aromatic carbocycles. The highest BCUT2D eigenvalue weighted by Gasteiger charge is 2.31. The van der Waals surface area contributed by atoms with Crippen molar-refractivity contribution in [3.05, 3.63) is 35.1 Å². The second kappa shape index (κ2) is 6.11. The molecule has 1 fully saturated rings. The fourth-order valence-corrected chi connectivity index (χ4v) is 3.96. The van der Waals surface area contributed by atoms with Crippen LogP contribution in [0.3, 0.4) is 0 Å². The maximum Gasteiger partial charge on any atom is 0.306 e. The van der Waals surface area contributed by atoms with Crippen LogP contribution in [-0.2, 0) is 20.6 Å². The first-order valence-electron chi connectivity index (χ1n) is 6.75. The van der Waals surface area contributed by atoms with E-state index >= 15 is 0 Å². The second-order valence-corrected chi connectivity index (χ2v) is 7.32. The van der Waals surface area contributed by atoms with Crippen LogP contribution in [0.4, 0.5) is 4.39 Å². The van der Waals surface area contributed by atoms with Gasteiger partial charge >= 0.3 is 5.97 Å². The first-order valence-corrected chi connectivity index (χ1v) is 8.36. The van der Waals surface area contributed by atoms with Gasteiger partial charge in [-0.1, -0.05) is 12.1 Å². The zero-order valence-electron chi connectivity index (χ0n) is 11.8. The number of sulfonamides is 1. The zero-order chi connectivity index (χ0) is 15.6. The Morgan fingerprint density at radius 1 is 1.38 bits per heavy atom. The van der Waals surface area contributed by atoms with Crippen LogP contribution in [0.15, 0.2) is 18.2 Å². The molecule has 5 nitrogen and oxygen atoms in total. The number of carboxylic acid groups (broad SMARTS) is 1. The molecule has 116 valence electrons. The van der Waals surface area contributed by atoms with Crippen LogP contribution in [0.1, 0.15) is 24.0 Å². The molecule has 1 aliphatic heterocycles. The number of hydrogen-bond donors (Lipinski definition) is 1. The summed E-state index contributed by atoms with van der Waals surface area (Å²) in [6, 6.07) is 4.38. The van der Waals surface area contributed by atoms with Crippen LogP contribution in [0, 0.1) is 18.7 Å². The summed E-state index contributed by atoms with van der Waals surface area (Å²) in [5.74, 6) is -2.05. The van der Waals surface area contributed by atoms with Gasteiger partial charge in [0, 0.05) is 13.1 Å². The predicted molar refractivity (Wildman–Crippen MR) is 75.7 cm³/mol. The number of aryl methyl sites for hydroxylation is 1. The zero-order valence-corrected chi connectivity index (χ0v) is 12.6. The van der Waals surface area contributed by atoms with Gasteiger partial charge in [-0.15, -0.1) is 0 Å². The summed E-state index contributed by atoms with van der Waals surface area (Å²) in [6.45, 7) is 2.02. The third kappa shape index (κ3) is 3.79. The number of carboxylic acids is 1. The minimum atomic E-state index is -3.54. The minimum absolute atomic E-state index is 0.202. The van der Waals surface area contributed by atoms with E-state index in [4.69, 9.17) is 5.11 Å². The normalized spacial score (nSPS) is 17.8. The average Bonchev–Trinajstić information content (AvgIpc) is 2.43. The van der Waals surface area contributed by atoms with Crippen molar-refractivity contribution >= 4 is 16.0 Å². The van der Waals surface area contributed by atoms with E-state index in [9.17, 15) is 17.6 Å². The summed E-state index contributed by atoms with van der Waals surface area (Å²) in [5, 5.41) is 8.91. The molecular weight excluding hydrogens is 297 g/mol. The average molecular weight is 315 g/mol. The molecule has 0 saturated carbocycles. The second-order valence-electron chi connectivity index (χ2n) is 5.35. The number of aliphatic carboxylic acids is 1. The molecule has 0 aliphatic carbocycles. The molecule has 0 unspecified atom stereocenters. The molecule has 0 amide bonds. The van der Waals surface area contributed by atoms with Crippen LogP contribution < -0.4 is 0 Å². The first kappa shape index (κ1) is 15.9. The van der Waals surface area contributed by atoms with Gasteiger partial charge in [-0.05, 0) is 37.0 Å². The Morgan fingerprint density at radius 3 is 2.52 bits per heavy atom. The lowest BCUT2D eigenvalue weighted by Gasteiger charge is -2.29. The third-order valence-corrected chi connectivity index (χ3v) is 5.63. The Hall–Kier alpha value is -1.47. The van der Waals surface area contributed by atoms with Gasteiger partial charge in [-0.25, -0.2) is 17.1 Å². The van der Waals surface area contributed by atoms with Crippen LogP contribution in [0.25, 0.3) is 0 Å². The Morgan fingerprint density at radius 2 is 2.00 bits per heavy atom. The minimum Gasteiger partial charge on any atom is -0.481 e. The van der Waals surface area contributed by atoms with Gasteiger partial charge in [0.2, 0.25) is 10.0 Å². The molecule has 0 aromatic heterocycles. The van der Waals surface area contributed by atoms with Crippen LogP contribution in [0.2, 0.25) is 0 Å². The summed E-state index contributed by atoms with van der Waals surface area (Å²) in [5.41, 5.74) is 0.872. The smallest absolute Gasteiger partial charge is 0.306 e. The van der Waals surface area contributed by atoms with Gasteiger partial charge in [-0.2, -0.15) is 0 Å². The van der Waals surface area contributed by atoms with Crippen molar-refractivity contribution < 1.29 is 22.7 Å². The molecule has 0 atom stereocenters. The quantitative estimate of drug-likeness (QED) is 0.919. The summed E-state index contributed by atoms with van der Waals surface area (Å²) in [6.07, 6.45) is 0.633. The number of nitrogens with zero attached hydrogens (tertiary/aromatic N) is 1. The molecule has 1 aliphatic rings. The van der Waals surface area contributed by atoms with Gasteiger partial charge < -0.3 is 5.11 Å². The Balaban J connectivity index is 2.05. The van der Waals surface area contributed by atoms with Gasteiger partial charge in [0.05, 0.1) is 11.7 Å². The van der Waals surface area contributed by atoms with Gasteiger partial charge in [-0.3, -0.25) is 4.79 Å². The van der Waals surface area contributed by atoms with Crippen molar-refractivity contribution in [3.63, 3.8) is 0 Å². The van der Waals surface area contributed by atoms with Gasteiger partial charge in [0.15, 0.2) is 0 Å². The molecule has 1 heterocycles. The van der Waals surface area contributed by atoms with Crippen LogP contribution >= 0.6 is 0 Å². The molecule has 0 bridgehead atoms. The molecule has 0 spiro atoms. The fraction of sp³-hybridized carbons (Fsp3) is 0.500. The van der Waals surface area contributed by atoms with E-state index in [1.807, 2.05) is 0 Å². The van der Waals surface area contributed by atoms with Crippen molar-refractivity contribution in [1.82, 2.24) is 4.31 Å². The van der Waals surface area contributed by atoms with Gasteiger partial charge in [0.25, 0.3) is 0 Å². The number of carbonyl (C=O) groups is 1. The summed E-state index contributed by atoms with van der Waals surface area (Å²) >= 11 is 0. The SMILES string of the molecule is Cc1ccc(CS(=O)(=O)N2CCC(C(=O)O)CC2)cc1F. The first-order chi connectivity index (χ1) is 9.79. The number of hydrogen-bond acceptors (Lipinski definition) is 3. The molecular formula is C14H18FNO4S. The van der Waals surface area contributed by atoms with E-state index < -0.39 is 27.7 Å². The van der Waals surface area contributed by atoms with E-state index in [1.165, 1.54) is 10.4 Å². The van der Waals surface area contributed by atoms with E-state index in [1.54, 1.807) is 19.1 Å². The lowest BCUT2D eigenvalue weighted by atomic mass is 9.99. The summed E-state index contributed by atoms with van der Waals surface area (Å²) in [7, 11) is -3.54. The maximum absolute atomic E-state index is 13.5. The van der Waals surface area contributed by atoms with Gasteiger partial charge in [0.1, 0.15) is 5.82 Å². The standard InChI is InChI=1S/C14H18FNO4S/c1-10-2-3-11(8-13(10)15)9-21(19,20)16-6-4-12(5-7-16)14(17)18/h2-3,8,12H,4-7,9H2,1H3,(H,17,18). The van der Waals surface area contributed by atoms with Crippen molar-refractivity contribution in [3.8, 4) is 0 Å². The molecule has 0 radical (unpaired) electrons. The predicted octanol–water partition coefficient (Wildman–Crippen LogP) is 1.76. The highest BCUT2D eigenvalue weighted by atomic mass is 32.2. The Kier molecular flexibility index (Phi) is 4.63. The van der Waals surface area contributed by atoms with Crippen molar-refractivity contribution in [2.75, 3.05) is 13.1 Å². The lowest BCUT2D eigenvalue weighted by Crippen LogP contribution is -2.40. The number of rotatable bonds is 4. The largest absolute Gasteiger partial charge is 0.481 e. The van der Waals surface area contributed by atoms with E-state index in [-0.39, 0.29) is 18.8 Å². The molecule has 21 heavy (non-hydrogen) atoms. The Labute approximate surface area is 123 Å². The van der Waals surface area contributed by atoms with Crippen LogP contribution in [0.5, 0.6) is 0 Å². The van der Waals surface area contributed by atoms with Crippen molar-refractivity contribution in [2.24, 2.45) is 5.92 Å². The molecule has 1 aromatic rings. The molecule has 7 heteroatoms. The molecule has 2 rings (SSSR count). The van der Waals surface area contributed by atoms with Crippen molar-refractivity contribution in [1.29, 1.82) is 0 Å². The number of benzene rings is 1. The van der Waals surface area contributed by atoms with Crippen molar-refractivity contribution in [2.45, 2.75) is 25.5 Å². The van der Waals surface area contributed by atoms with E-state index in [0.717, 1.165) is 0 Å². The number of halogens is 1. The number of piperidine rings is 1. The molecule has 1 saturated heterocycles. The third-order valence-electron chi connectivity index (χ3n) is 3.78. The summed E-state index contributed by atoms with van der Waals surface area (Å²) < 4.78 is 39.3. The molecule has 1 N–H and O–H groups in total. The van der Waals surface area contributed by atoms with E-state index in [0.29, 0.717) is 24.0 Å². The van der Waals surface area contributed by atoms with Crippen LogP contribution in [-0.4, -0.2) is 36.9 Å². The summed E-state index contributed by atoms with van der Waals surface area (Å²) in [4.78, 5) is 10.9. The monoisotopic (exact) mass is 315 g/mol. The van der Waals surface area contributed by atoms with E-state index in [2.05, 4.69) is 0 Å². The maximum atomic E-state index is 13.5. The fourth-order valence-electron chi connectivity index (χ4n) is 2.41.